The molecule has 2 heterocycles. The first-order valence-corrected chi connectivity index (χ1v) is 8.49. The predicted octanol–water partition coefficient (Wildman–Crippen LogP) is 3.44. The number of ether oxygens (including phenoxy) is 1. The van der Waals surface area contributed by atoms with E-state index in [1.807, 2.05) is 22.7 Å². The van der Waals surface area contributed by atoms with Crippen molar-refractivity contribution in [1.82, 2.24) is 19.8 Å². The lowest BCUT2D eigenvalue weighted by atomic mass is 10.1. The van der Waals surface area contributed by atoms with Gasteiger partial charge < -0.3 is 4.74 Å². The van der Waals surface area contributed by atoms with Gasteiger partial charge in [-0.25, -0.2) is 0 Å². The molecule has 0 unspecified atom stereocenters. The Kier molecular flexibility index (Phi) is 3.54. The van der Waals surface area contributed by atoms with Crippen LogP contribution in [0.1, 0.15) is 48.0 Å². The van der Waals surface area contributed by atoms with E-state index in [0.717, 1.165) is 33.5 Å². The van der Waals surface area contributed by atoms with Crippen LogP contribution in [-0.2, 0) is 6.42 Å². The highest BCUT2D eigenvalue weighted by Gasteiger charge is 2.24. The Labute approximate surface area is 133 Å². The summed E-state index contributed by atoms with van der Waals surface area (Å²) >= 11 is 1.61. The molecule has 2 aromatic heterocycles. The lowest BCUT2D eigenvalue weighted by Gasteiger charge is -2.06. The molecule has 0 amide bonds. The van der Waals surface area contributed by atoms with Crippen molar-refractivity contribution in [2.45, 2.75) is 38.0 Å². The van der Waals surface area contributed by atoms with Crippen molar-refractivity contribution in [3.8, 4) is 5.75 Å². The molecule has 0 saturated heterocycles. The molecular weight excluding hydrogens is 296 g/mol. The monoisotopic (exact) mass is 314 g/mol. The summed E-state index contributed by atoms with van der Waals surface area (Å²) in [7, 11) is 1.70. The van der Waals surface area contributed by atoms with E-state index in [1.54, 1.807) is 18.4 Å². The van der Waals surface area contributed by atoms with Crippen molar-refractivity contribution >= 4 is 16.3 Å². The van der Waals surface area contributed by atoms with E-state index in [4.69, 9.17) is 9.84 Å². The van der Waals surface area contributed by atoms with Crippen LogP contribution in [0.5, 0.6) is 5.75 Å². The summed E-state index contributed by atoms with van der Waals surface area (Å²) in [5.41, 5.74) is 1.15. The third kappa shape index (κ3) is 2.37. The molecule has 1 fully saturated rings. The average Bonchev–Trinajstić information content (AvgIpc) is 3.24. The molecule has 1 saturated carbocycles. The summed E-state index contributed by atoms with van der Waals surface area (Å²) in [5.74, 6) is 2.47. The molecule has 0 spiro atoms. The van der Waals surface area contributed by atoms with E-state index in [2.05, 4.69) is 16.3 Å². The predicted molar refractivity (Wildman–Crippen MR) is 85.7 cm³/mol. The molecule has 1 aliphatic rings. The van der Waals surface area contributed by atoms with Crippen LogP contribution >= 0.6 is 11.3 Å². The van der Waals surface area contributed by atoms with E-state index in [9.17, 15) is 0 Å². The van der Waals surface area contributed by atoms with Gasteiger partial charge in [-0.15, -0.1) is 10.2 Å². The van der Waals surface area contributed by atoms with Crippen molar-refractivity contribution in [2.75, 3.05) is 7.11 Å². The van der Waals surface area contributed by atoms with Crippen LogP contribution in [0.3, 0.4) is 0 Å². The number of benzene rings is 1. The molecule has 0 radical (unpaired) electrons. The molecule has 0 bridgehead atoms. The molecule has 4 rings (SSSR count). The fourth-order valence-corrected chi connectivity index (χ4v) is 4.06. The van der Waals surface area contributed by atoms with Crippen LogP contribution in [-0.4, -0.2) is 26.9 Å². The third-order valence-electron chi connectivity index (χ3n) is 4.31. The number of nitrogens with zero attached hydrogens (tertiary/aromatic N) is 4. The fraction of sp³-hybridized carbons (Fsp3) is 0.438. The summed E-state index contributed by atoms with van der Waals surface area (Å²) in [4.78, 5) is 0.895. The van der Waals surface area contributed by atoms with E-state index in [0.29, 0.717) is 5.92 Å². The summed E-state index contributed by atoms with van der Waals surface area (Å²) in [6.07, 6.45) is 5.76. The maximum absolute atomic E-state index is 5.42. The number of fused-ring (bicyclic) bond motifs is 1. The van der Waals surface area contributed by atoms with E-state index in [-0.39, 0.29) is 0 Å². The Morgan fingerprint density at radius 1 is 1.23 bits per heavy atom. The molecule has 0 N–H and O–H groups in total. The molecule has 22 heavy (non-hydrogen) atoms. The quantitative estimate of drug-likeness (QED) is 0.740. The van der Waals surface area contributed by atoms with Gasteiger partial charge in [0.05, 0.1) is 7.11 Å². The van der Waals surface area contributed by atoms with Gasteiger partial charge >= 0.3 is 0 Å². The SMILES string of the molecule is COc1ccccc1Cc1nn2c(C3CCCC3)nnc2s1. The van der Waals surface area contributed by atoms with Gasteiger partial charge in [0, 0.05) is 17.9 Å². The molecule has 5 nitrogen and oxygen atoms in total. The van der Waals surface area contributed by atoms with Crippen molar-refractivity contribution in [2.24, 2.45) is 0 Å². The smallest absolute Gasteiger partial charge is 0.234 e. The number of aromatic nitrogens is 4. The minimum absolute atomic E-state index is 0.524. The Bertz CT molecular complexity index is 788. The molecule has 3 aromatic rings. The Morgan fingerprint density at radius 3 is 2.86 bits per heavy atom. The normalized spacial score (nSPS) is 15.7. The Morgan fingerprint density at radius 2 is 2.05 bits per heavy atom. The highest BCUT2D eigenvalue weighted by Crippen LogP contribution is 2.34. The maximum atomic E-state index is 5.42. The van der Waals surface area contributed by atoms with Gasteiger partial charge in [-0.2, -0.15) is 9.61 Å². The van der Waals surface area contributed by atoms with Gasteiger partial charge in [-0.3, -0.25) is 0 Å². The van der Waals surface area contributed by atoms with Crippen LogP contribution in [0.2, 0.25) is 0 Å². The number of rotatable bonds is 4. The van der Waals surface area contributed by atoms with Gasteiger partial charge in [0.2, 0.25) is 4.96 Å². The molecule has 0 atom stereocenters. The third-order valence-corrected chi connectivity index (χ3v) is 5.21. The molecule has 0 aliphatic heterocycles. The second-order valence-corrected chi connectivity index (χ2v) is 6.76. The number of methoxy groups -OCH3 is 1. The molecule has 114 valence electrons. The summed E-state index contributed by atoms with van der Waals surface area (Å²) in [5, 5.41) is 14.5. The summed E-state index contributed by atoms with van der Waals surface area (Å²) in [6, 6.07) is 8.08. The number of hydrogen-bond acceptors (Lipinski definition) is 5. The average molecular weight is 314 g/mol. The van der Waals surface area contributed by atoms with Crippen LogP contribution in [0.4, 0.5) is 0 Å². The van der Waals surface area contributed by atoms with Gasteiger partial charge in [-0.1, -0.05) is 42.4 Å². The van der Waals surface area contributed by atoms with Gasteiger partial charge in [0.1, 0.15) is 10.8 Å². The van der Waals surface area contributed by atoms with Crippen molar-refractivity contribution in [3.05, 3.63) is 40.7 Å². The molecule has 1 aliphatic carbocycles. The zero-order chi connectivity index (χ0) is 14.9. The summed E-state index contributed by atoms with van der Waals surface area (Å²) in [6.45, 7) is 0. The Hall–Kier alpha value is -1.95. The molecular formula is C16H18N4OS. The zero-order valence-electron chi connectivity index (χ0n) is 12.5. The highest BCUT2D eigenvalue weighted by molar-refractivity contribution is 7.16. The number of para-hydroxylation sites is 1. The maximum Gasteiger partial charge on any atom is 0.234 e. The Balaban J connectivity index is 1.65. The second-order valence-electron chi connectivity index (χ2n) is 5.72. The zero-order valence-corrected chi connectivity index (χ0v) is 13.3. The second kappa shape index (κ2) is 5.68. The minimum atomic E-state index is 0.524. The highest BCUT2D eigenvalue weighted by atomic mass is 32.1. The topological polar surface area (TPSA) is 52.3 Å². The van der Waals surface area contributed by atoms with Crippen LogP contribution < -0.4 is 4.74 Å². The summed E-state index contributed by atoms with van der Waals surface area (Å²) < 4.78 is 7.37. The first-order chi connectivity index (χ1) is 10.8. The molecule has 6 heteroatoms. The van der Waals surface area contributed by atoms with Gasteiger partial charge in [0.15, 0.2) is 5.82 Å². The van der Waals surface area contributed by atoms with E-state index in [1.165, 1.54) is 25.7 Å². The molecule has 1 aromatic carbocycles. The number of hydrogen-bond donors (Lipinski definition) is 0. The fourth-order valence-electron chi connectivity index (χ4n) is 3.19. The van der Waals surface area contributed by atoms with Crippen molar-refractivity contribution in [3.63, 3.8) is 0 Å². The van der Waals surface area contributed by atoms with Crippen molar-refractivity contribution < 1.29 is 4.74 Å². The first kappa shape index (κ1) is 13.7. The van der Waals surface area contributed by atoms with Crippen LogP contribution in [0.15, 0.2) is 24.3 Å². The van der Waals surface area contributed by atoms with Gasteiger partial charge in [-0.05, 0) is 18.9 Å². The standard InChI is InChI=1S/C16H18N4OS/c1-21-13-9-5-4-8-12(13)10-14-19-20-15(11-6-2-3-7-11)17-18-16(20)22-14/h4-5,8-9,11H,2-3,6-7,10H2,1H3. The van der Waals surface area contributed by atoms with Gasteiger partial charge in [0.25, 0.3) is 0 Å². The first-order valence-electron chi connectivity index (χ1n) is 7.68. The van der Waals surface area contributed by atoms with E-state index < -0.39 is 0 Å². The van der Waals surface area contributed by atoms with Crippen molar-refractivity contribution in [1.29, 1.82) is 0 Å². The lowest BCUT2D eigenvalue weighted by Crippen LogP contribution is -2.02. The van der Waals surface area contributed by atoms with Crippen LogP contribution in [0.25, 0.3) is 4.96 Å². The lowest BCUT2D eigenvalue weighted by molar-refractivity contribution is 0.410. The minimum Gasteiger partial charge on any atom is -0.496 e. The van der Waals surface area contributed by atoms with E-state index >= 15 is 0 Å². The largest absolute Gasteiger partial charge is 0.496 e. The van der Waals surface area contributed by atoms with Crippen LogP contribution in [0, 0.1) is 0 Å².